The van der Waals surface area contributed by atoms with Crippen molar-refractivity contribution in [3.8, 4) is 6.07 Å². The second-order valence-electron chi connectivity index (χ2n) is 6.28. The van der Waals surface area contributed by atoms with Crippen molar-refractivity contribution in [1.29, 1.82) is 5.26 Å². The van der Waals surface area contributed by atoms with Gasteiger partial charge in [0.1, 0.15) is 6.07 Å². The highest BCUT2D eigenvalue weighted by atomic mass is 16.2. The number of nitrogens with one attached hydrogen (secondary N) is 1. The lowest BCUT2D eigenvalue weighted by Gasteiger charge is -2.37. The van der Waals surface area contributed by atoms with Gasteiger partial charge in [0, 0.05) is 31.9 Å². The number of anilines is 2. The topological polar surface area (TPSA) is 59.4 Å². The molecule has 1 heterocycles. The van der Waals surface area contributed by atoms with Crippen molar-refractivity contribution in [2.24, 2.45) is 0 Å². The van der Waals surface area contributed by atoms with E-state index in [0.717, 1.165) is 13.1 Å². The van der Waals surface area contributed by atoms with E-state index >= 15 is 0 Å². The summed E-state index contributed by atoms with van der Waals surface area (Å²) in [6, 6.07) is 15.4. The molecule has 128 valence electrons. The van der Waals surface area contributed by atoms with Gasteiger partial charge in [-0.05, 0) is 43.2 Å². The summed E-state index contributed by atoms with van der Waals surface area (Å²) in [6.07, 6.45) is 0. The van der Waals surface area contributed by atoms with Crippen LogP contribution in [-0.2, 0) is 0 Å². The molecule has 0 radical (unpaired) electrons. The molecule has 0 aromatic heterocycles. The smallest absolute Gasteiger partial charge is 0.322 e. The number of nitrogens with zero attached hydrogens (tertiary/aromatic N) is 3. The summed E-state index contributed by atoms with van der Waals surface area (Å²) < 4.78 is 0. The van der Waals surface area contributed by atoms with Gasteiger partial charge < -0.3 is 15.1 Å². The molecule has 0 saturated carbocycles. The summed E-state index contributed by atoms with van der Waals surface area (Å²) in [7, 11) is 0. The van der Waals surface area contributed by atoms with Crippen molar-refractivity contribution in [3.05, 3.63) is 59.2 Å². The Morgan fingerprint density at radius 2 is 1.76 bits per heavy atom. The number of para-hydroxylation sites is 1. The third kappa shape index (κ3) is 3.58. The van der Waals surface area contributed by atoms with Crippen molar-refractivity contribution < 1.29 is 4.79 Å². The summed E-state index contributed by atoms with van der Waals surface area (Å²) in [4.78, 5) is 16.6. The number of hydrogen-bond donors (Lipinski definition) is 1. The number of urea groups is 1. The molecule has 5 heteroatoms. The Morgan fingerprint density at radius 1 is 1.04 bits per heavy atom. The summed E-state index contributed by atoms with van der Waals surface area (Å²) in [5, 5.41) is 12.0. The Hall–Kier alpha value is -3.00. The Morgan fingerprint density at radius 3 is 2.48 bits per heavy atom. The summed E-state index contributed by atoms with van der Waals surface area (Å²) in [5.74, 6) is 0. The molecule has 1 aliphatic heterocycles. The van der Waals surface area contributed by atoms with E-state index < -0.39 is 0 Å². The Bertz CT molecular complexity index is 817. The number of aryl methyl sites for hydroxylation is 1. The van der Waals surface area contributed by atoms with Crippen molar-refractivity contribution in [1.82, 2.24) is 4.90 Å². The standard InChI is InChI=1S/C20H22N4O/c1-15-6-5-9-19(16(15)2)23-10-12-24(13-11-23)20(25)22-18-8-4-3-7-17(18)14-21/h3-9H,10-13H2,1-2H3,(H,22,25). The monoisotopic (exact) mass is 334 g/mol. The van der Waals surface area contributed by atoms with Crippen LogP contribution in [0.1, 0.15) is 16.7 Å². The molecule has 1 fully saturated rings. The number of benzene rings is 2. The zero-order valence-electron chi connectivity index (χ0n) is 14.6. The van der Waals surface area contributed by atoms with Crippen LogP contribution in [0, 0.1) is 25.2 Å². The summed E-state index contributed by atoms with van der Waals surface area (Å²) in [5.41, 5.74) is 4.86. The van der Waals surface area contributed by atoms with Crippen LogP contribution in [0.3, 0.4) is 0 Å². The lowest BCUT2D eigenvalue weighted by molar-refractivity contribution is 0.208. The van der Waals surface area contributed by atoms with Crippen LogP contribution < -0.4 is 10.2 Å². The molecule has 0 aliphatic carbocycles. The van der Waals surface area contributed by atoms with Crippen molar-refractivity contribution >= 4 is 17.4 Å². The van der Waals surface area contributed by atoms with Gasteiger partial charge in [-0.25, -0.2) is 4.79 Å². The molecule has 3 rings (SSSR count). The van der Waals surface area contributed by atoms with Crippen molar-refractivity contribution in [3.63, 3.8) is 0 Å². The first kappa shape index (κ1) is 16.8. The summed E-state index contributed by atoms with van der Waals surface area (Å²) >= 11 is 0. The molecule has 2 aromatic carbocycles. The van der Waals surface area contributed by atoms with Gasteiger partial charge in [-0.2, -0.15) is 5.26 Å². The van der Waals surface area contributed by atoms with E-state index in [2.05, 4.69) is 48.3 Å². The minimum absolute atomic E-state index is 0.150. The maximum absolute atomic E-state index is 12.5. The van der Waals surface area contributed by atoms with Gasteiger partial charge in [-0.15, -0.1) is 0 Å². The molecule has 1 saturated heterocycles. The molecule has 0 unspecified atom stereocenters. The molecule has 1 aliphatic rings. The normalized spacial score (nSPS) is 14.1. The number of carbonyl (C=O) groups is 1. The molecular formula is C20H22N4O. The van der Waals surface area contributed by atoms with Crippen LogP contribution in [0.15, 0.2) is 42.5 Å². The number of rotatable bonds is 2. The quantitative estimate of drug-likeness (QED) is 0.914. The van der Waals surface area contributed by atoms with Gasteiger partial charge in [0.2, 0.25) is 0 Å². The molecule has 5 nitrogen and oxygen atoms in total. The number of hydrogen-bond acceptors (Lipinski definition) is 3. The molecule has 25 heavy (non-hydrogen) atoms. The highest BCUT2D eigenvalue weighted by molar-refractivity contribution is 5.91. The lowest BCUT2D eigenvalue weighted by Crippen LogP contribution is -2.50. The largest absolute Gasteiger partial charge is 0.368 e. The average Bonchev–Trinajstić information content (AvgIpc) is 2.64. The molecule has 1 N–H and O–H groups in total. The number of carbonyl (C=O) groups excluding carboxylic acids is 1. The van der Waals surface area contributed by atoms with E-state index in [1.807, 2.05) is 6.07 Å². The van der Waals surface area contributed by atoms with Gasteiger partial charge in [0.15, 0.2) is 0 Å². The number of nitriles is 1. The predicted molar refractivity (Wildman–Crippen MR) is 99.9 cm³/mol. The van der Waals surface area contributed by atoms with Gasteiger partial charge in [-0.1, -0.05) is 24.3 Å². The Kier molecular flexibility index (Phi) is 4.90. The minimum atomic E-state index is -0.150. The second kappa shape index (κ2) is 7.27. The van der Waals surface area contributed by atoms with E-state index in [1.54, 1.807) is 23.1 Å². The van der Waals surface area contributed by atoms with Crippen LogP contribution >= 0.6 is 0 Å². The lowest BCUT2D eigenvalue weighted by atomic mass is 10.1. The maximum Gasteiger partial charge on any atom is 0.322 e. The molecule has 0 bridgehead atoms. The van der Waals surface area contributed by atoms with E-state index in [9.17, 15) is 4.79 Å². The molecule has 0 spiro atoms. The van der Waals surface area contributed by atoms with E-state index in [-0.39, 0.29) is 6.03 Å². The van der Waals surface area contributed by atoms with Crippen LogP contribution in [0.5, 0.6) is 0 Å². The zero-order valence-corrected chi connectivity index (χ0v) is 14.6. The SMILES string of the molecule is Cc1cccc(N2CCN(C(=O)Nc3ccccc3C#N)CC2)c1C. The van der Waals surface area contributed by atoms with Gasteiger partial charge in [-0.3, -0.25) is 0 Å². The molecule has 2 amide bonds. The molecule has 2 aromatic rings. The average molecular weight is 334 g/mol. The Balaban J connectivity index is 1.63. The van der Waals surface area contributed by atoms with Crippen molar-refractivity contribution in [2.45, 2.75) is 13.8 Å². The first-order valence-corrected chi connectivity index (χ1v) is 8.46. The highest BCUT2D eigenvalue weighted by Gasteiger charge is 2.22. The van der Waals surface area contributed by atoms with E-state index in [0.29, 0.717) is 24.3 Å². The number of amides is 2. The number of piperazine rings is 1. The van der Waals surface area contributed by atoms with Crippen LogP contribution in [0.2, 0.25) is 0 Å². The predicted octanol–water partition coefficient (Wildman–Crippen LogP) is 3.53. The zero-order chi connectivity index (χ0) is 17.8. The first-order valence-electron chi connectivity index (χ1n) is 8.46. The van der Waals surface area contributed by atoms with E-state index in [1.165, 1.54) is 16.8 Å². The van der Waals surface area contributed by atoms with E-state index in [4.69, 9.17) is 5.26 Å². The third-order valence-corrected chi connectivity index (χ3v) is 4.77. The van der Waals surface area contributed by atoms with Crippen LogP contribution in [-0.4, -0.2) is 37.1 Å². The molecule has 0 atom stereocenters. The molecular weight excluding hydrogens is 312 g/mol. The van der Waals surface area contributed by atoms with Gasteiger partial charge in [0.25, 0.3) is 0 Å². The van der Waals surface area contributed by atoms with Crippen LogP contribution in [0.4, 0.5) is 16.2 Å². The Labute approximate surface area is 148 Å². The van der Waals surface area contributed by atoms with Gasteiger partial charge in [0.05, 0.1) is 11.3 Å². The fourth-order valence-electron chi connectivity index (χ4n) is 3.11. The van der Waals surface area contributed by atoms with Crippen molar-refractivity contribution in [2.75, 3.05) is 36.4 Å². The third-order valence-electron chi connectivity index (χ3n) is 4.77. The van der Waals surface area contributed by atoms with Crippen LogP contribution in [0.25, 0.3) is 0 Å². The fraction of sp³-hybridized carbons (Fsp3) is 0.300. The summed E-state index contributed by atoms with van der Waals surface area (Å²) in [6.45, 7) is 7.19. The minimum Gasteiger partial charge on any atom is -0.368 e. The maximum atomic E-state index is 12.5. The first-order chi connectivity index (χ1) is 12.1. The highest BCUT2D eigenvalue weighted by Crippen LogP contribution is 2.24. The fourth-order valence-corrected chi connectivity index (χ4v) is 3.11. The van der Waals surface area contributed by atoms with Gasteiger partial charge >= 0.3 is 6.03 Å². The second-order valence-corrected chi connectivity index (χ2v) is 6.28.